The number of carbonyl (C=O) groups excluding carboxylic acids is 1. The quantitative estimate of drug-likeness (QED) is 0.406. The fourth-order valence-corrected chi connectivity index (χ4v) is 3.49. The molecule has 0 bridgehead atoms. The Morgan fingerprint density at radius 3 is 2.74 bits per heavy atom. The number of ether oxygens (including phenoxy) is 1. The smallest absolute Gasteiger partial charge is 0.251 e. The van der Waals surface area contributed by atoms with Gasteiger partial charge in [-0.1, -0.05) is 30.3 Å². The van der Waals surface area contributed by atoms with Gasteiger partial charge in [0.2, 0.25) is 0 Å². The Bertz CT molecular complexity index is 1020. The molecule has 2 aromatic carbocycles. The van der Waals surface area contributed by atoms with Crippen molar-refractivity contribution < 1.29 is 13.9 Å². The molecular weight excluding hydrogens is 392 g/mol. The Balaban J connectivity index is 1.25. The second kappa shape index (κ2) is 9.84. The van der Waals surface area contributed by atoms with Gasteiger partial charge in [0, 0.05) is 25.6 Å². The molecular formula is C24H26N4O3. The number of furan rings is 1. The van der Waals surface area contributed by atoms with Gasteiger partial charge in [-0.15, -0.1) is 0 Å². The molecule has 1 aliphatic heterocycles. The normalized spacial score (nSPS) is 15.1. The molecule has 1 aromatic heterocycles. The molecule has 0 saturated carbocycles. The number of rotatable bonds is 7. The van der Waals surface area contributed by atoms with Crippen LogP contribution in [0, 0.1) is 0 Å². The van der Waals surface area contributed by atoms with Crippen molar-refractivity contribution in [2.24, 2.45) is 4.99 Å². The fraction of sp³-hybridized carbons (Fsp3) is 0.250. The Hall–Kier alpha value is -3.74. The van der Waals surface area contributed by atoms with Crippen molar-refractivity contribution in [1.82, 2.24) is 16.0 Å². The topological polar surface area (TPSA) is 87.9 Å². The number of fused-ring (bicyclic) bond motifs is 1. The Kier molecular flexibility index (Phi) is 6.52. The first-order chi connectivity index (χ1) is 15.2. The number of nitrogens with one attached hydrogen (secondary N) is 3. The van der Waals surface area contributed by atoms with Crippen LogP contribution in [0.25, 0.3) is 0 Å². The molecule has 0 radical (unpaired) electrons. The van der Waals surface area contributed by atoms with Crippen molar-refractivity contribution in [3.8, 4) is 5.75 Å². The van der Waals surface area contributed by atoms with Crippen molar-refractivity contribution in [2.75, 3.05) is 13.6 Å². The van der Waals surface area contributed by atoms with E-state index in [1.54, 1.807) is 25.4 Å². The van der Waals surface area contributed by atoms with Crippen LogP contribution < -0.4 is 20.7 Å². The van der Waals surface area contributed by atoms with E-state index < -0.39 is 0 Å². The van der Waals surface area contributed by atoms with Crippen LogP contribution in [0.5, 0.6) is 5.75 Å². The largest absolute Gasteiger partial charge is 0.488 e. The summed E-state index contributed by atoms with van der Waals surface area (Å²) in [6, 6.07) is 19.3. The summed E-state index contributed by atoms with van der Waals surface area (Å²) in [6.07, 6.45) is 2.55. The predicted octanol–water partition coefficient (Wildman–Crippen LogP) is 2.88. The van der Waals surface area contributed by atoms with Crippen molar-refractivity contribution in [1.29, 1.82) is 0 Å². The number of amides is 1. The van der Waals surface area contributed by atoms with E-state index >= 15 is 0 Å². The van der Waals surface area contributed by atoms with Gasteiger partial charge in [-0.3, -0.25) is 9.79 Å². The van der Waals surface area contributed by atoms with Gasteiger partial charge in [-0.05, 0) is 41.5 Å². The summed E-state index contributed by atoms with van der Waals surface area (Å²) in [5.74, 6) is 2.22. The SMILES string of the molecule is CN=C(NCc1cccc(C(=O)NCc2ccco2)c1)NCC1Cc2ccccc2O1. The Labute approximate surface area is 181 Å². The number of hydrogen-bond donors (Lipinski definition) is 3. The number of para-hydroxylation sites is 1. The first-order valence-corrected chi connectivity index (χ1v) is 10.3. The highest BCUT2D eigenvalue weighted by atomic mass is 16.5. The fourth-order valence-electron chi connectivity index (χ4n) is 3.49. The van der Waals surface area contributed by atoms with E-state index in [2.05, 4.69) is 27.0 Å². The molecule has 4 rings (SSSR count). The minimum Gasteiger partial charge on any atom is -0.488 e. The molecule has 7 heteroatoms. The van der Waals surface area contributed by atoms with E-state index in [4.69, 9.17) is 9.15 Å². The van der Waals surface area contributed by atoms with Crippen molar-refractivity contribution in [3.05, 3.63) is 89.4 Å². The molecule has 7 nitrogen and oxygen atoms in total. The molecule has 2 heterocycles. The molecule has 1 unspecified atom stereocenters. The summed E-state index contributed by atoms with van der Waals surface area (Å²) >= 11 is 0. The minimum atomic E-state index is -0.140. The molecule has 1 aliphatic rings. The maximum absolute atomic E-state index is 12.4. The lowest BCUT2D eigenvalue weighted by atomic mass is 10.1. The lowest BCUT2D eigenvalue weighted by molar-refractivity contribution is 0.0948. The first-order valence-electron chi connectivity index (χ1n) is 10.3. The highest BCUT2D eigenvalue weighted by Crippen LogP contribution is 2.27. The average molecular weight is 418 g/mol. The molecule has 3 N–H and O–H groups in total. The highest BCUT2D eigenvalue weighted by molar-refractivity contribution is 5.94. The van der Waals surface area contributed by atoms with Crippen molar-refractivity contribution >= 4 is 11.9 Å². The molecule has 1 amide bonds. The monoisotopic (exact) mass is 418 g/mol. The van der Waals surface area contributed by atoms with Gasteiger partial charge in [0.1, 0.15) is 17.6 Å². The summed E-state index contributed by atoms with van der Waals surface area (Å²) in [5.41, 5.74) is 2.82. The first kappa shape index (κ1) is 20.5. The van der Waals surface area contributed by atoms with E-state index in [-0.39, 0.29) is 12.0 Å². The van der Waals surface area contributed by atoms with Crippen LogP contribution >= 0.6 is 0 Å². The second-order valence-corrected chi connectivity index (χ2v) is 7.32. The number of aliphatic imine (C=N–C) groups is 1. The van der Waals surface area contributed by atoms with Gasteiger partial charge in [0.05, 0.1) is 19.4 Å². The third-order valence-corrected chi connectivity index (χ3v) is 5.09. The zero-order valence-electron chi connectivity index (χ0n) is 17.4. The molecule has 1 atom stereocenters. The lowest BCUT2D eigenvalue weighted by Crippen LogP contribution is -2.42. The van der Waals surface area contributed by atoms with Gasteiger partial charge in [-0.25, -0.2) is 0 Å². The van der Waals surface area contributed by atoms with Crippen LogP contribution in [0.15, 0.2) is 76.3 Å². The summed E-state index contributed by atoms with van der Waals surface area (Å²) in [5, 5.41) is 9.46. The molecule has 160 valence electrons. The molecule has 0 spiro atoms. The van der Waals surface area contributed by atoms with E-state index in [0.717, 1.165) is 23.5 Å². The lowest BCUT2D eigenvalue weighted by Gasteiger charge is -2.16. The molecule has 0 saturated heterocycles. The van der Waals surface area contributed by atoms with Crippen molar-refractivity contribution in [3.63, 3.8) is 0 Å². The standard InChI is InChI=1S/C24H26N4O3/c1-25-24(28-16-21-13-18-7-2-3-10-22(18)31-21)27-14-17-6-4-8-19(12-17)23(29)26-15-20-9-5-11-30-20/h2-12,21H,13-16H2,1H3,(H,26,29)(H2,25,27,28). The maximum Gasteiger partial charge on any atom is 0.251 e. The summed E-state index contributed by atoms with van der Waals surface area (Å²) in [7, 11) is 1.73. The van der Waals surface area contributed by atoms with Crippen LogP contribution in [0.2, 0.25) is 0 Å². The average Bonchev–Trinajstić information content (AvgIpc) is 3.47. The van der Waals surface area contributed by atoms with Crippen LogP contribution in [-0.2, 0) is 19.5 Å². The maximum atomic E-state index is 12.4. The molecule has 3 aromatic rings. The number of nitrogens with zero attached hydrogens (tertiary/aromatic N) is 1. The Morgan fingerprint density at radius 1 is 1.03 bits per heavy atom. The van der Waals surface area contributed by atoms with E-state index in [1.807, 2.05) is 42.5 Å². The Morgan fingerprint density at radius 2 is 1.94 bits per heavy atom. The summed E-state index contributed by atoms with van der Waals surface area (Å²) in [6.45, 7) is 1.56. The predicted molar refractivity (Wildman–Crippen MR) is 119 cm³/mol. The third kappa shape index (κ3) is 5.45. The van der Waals surface area contributed by atoms with Gasteiger partial charge >= 0.3 is 0 Å². The number of benzene rings is 2. The summed E-state index contributed by atoms with van der Waals surface area (Å²) in [4.78, 5) is 16.7. The molecule has 0 fully saturated rings. The van der Waals surface area contributed by atoms with Gasteiger partial charge in [0.15, 0.2) is 5.96 Å². The van der Waals surface area contributed by atoms with Gasteiger partial charge in [0.25, 0.3) is 5.91 Å². The third-order valence-electron chi connectivity index (χ3n) is 5.09. The number of carbonyl (C=O) groups is 1. The number of hydrogen-bond acceptors (Lipinski definition) is 4. The van der Waals surface area contributed by atoms with E-state index in [1.165, 1.54) is 5.56 Å². The van der Waals surface area contributed by atoms with E-state index in [9.17, 15) is 4.79 Å². The zero-order valence-corrected chi connectivity index (χ0v) is 17.4. The minimum absolute atomic E-state index is 0.0807. The summed E-state index contributed by atoms with van der Waals surface area (Å²) < 4.78 is 11.2. The van der Waals surface area contributed by atoms with Crippen LogP contribution in [0.1, 0.15) is 27.2 Å². The van der Waals surface area contributed by atoms with Gasteiger partial charge in [-0.2, -0.15) is 0 Å². The van der Waals surface area contributed by atoms with E-state index in [0.29, 0.717) is 31.2 Å². The molecule has 0 aliphatic carbocycles. The molecule has 31 heavy (non-hydrogen) atoms. The van der Waals surface area contributed by atoms with Crippen molar-refractivity contribution in [2.45, 2.75) is 25.6 Å². The highest BCUT2D eigenvalue weighted by Gasteiger charge is 2.22. The van der Waals surface area contributed by atoms with Crippen LogP contribution in [0.4, 0.5) is 0 Å². The van der Waals surface area contributed by atoms with Gasteiger partial charge < -0.3 is 25.1 Å². The van der Waals surface area contributed by atoms with Crippen LogP contribution in [-0.4, -0.2) is 31.6 Å². The second-order valence-electron chi connectivity index (χ2n) is 7.32. The van der Waals surface area contributed by atoms with Crippen LogP contribution in [0.3, 0.4) is 0 Å². The number of guanidine groups is 1. The zero-order chi connectivity index (χ0) is 21.5.